The van der Waals surface area contributed by atoms with Crippen LogP contribution in [0.5, 0.6) is 0 Å². The summed E-state index contributed by atoms with van der Waals surface area (Å²) in [7, 11) is 1.96. The van der Waals surface area contributed by atoms with E-state index in [1.165, 1.54) is 12.4 Å². The number of ketones is 2. The Balaban J connectivity index is 1.58. The molecule has 0 atom stereocenters. The maximum absolute atomic E-state index is 12.9. The summed E-state index contributed by atoms with van der Waals surface area (Å²) in [5.74, 6) is 0.00936. The second-order valence-corrected chi connectivity index (χ2v) is 7.78. The van der Waals surface area contributed by atoms with E-state index in [4.69, 9.17) is 4.98 Å². The number of fused-ring (bicyclic) bond motifs is 2. The Bertz CT molecular complexity index is 1560. The van der Waals surface area contributed by atoms with Crippen molar-refractivity contribution in [2.24, 2.45) is 7.05 Å². The van der Waals surface area contributed by atoms with E-state index in [0.717, 1.165) is 28.2 Å². The molecule has 3 heterocycles. The number of hydrogen-bond donors (Lipinski definition) is 0. The van der Waals surface area contributed by atoms with Crippen LogP contribution in [0.2, 0.25) is 0 Å². The molecule has 0 radical (unpaired) electrons. The van der Waals surface area contributed by atoms with Gasteiger partial charge in [0.2, 0.25) is 11.6 Å². The Morgan fingerprint density at radius 2 is 1.42 bits per heavy atom. The molecule has 0 spiro atoms. The number of para-hydroxylation sites is 1. The Kier molecular flexibility index (Phi) is 4.16. The summed E-state index contributed by atoms with van der Waals surface area (Å²) in [4.78, 5) is 38.8. The zero-order chi connectivity index (χ0) is 22.5. The van der Waals surface area contributed by atoms with E-state index in [-0.39, 0.29) is 17.0 Å². The number of nitrogens with zero attached hydrogens (tertiary/aromatic N) is 5. The number of aromatic nitrogens is 5. The van der Waals surface area contributed by atoms with Crippen molar-refractivity contribution < 1.29 is 9.59 Å². The molecule has 0 bridgehead atoms. The molecular weight excluding hydrogens is 414 g/mol. The summed E-state index contributed by atoms with van der Waals surface area (Å²) in [5, 5.41) is 0. The van der Waals surface area contributed by atoms with Gasteiger partial charge in [-0.05, 0) is 24.3 Å². The fourth-order valence-electron chi connectivity index (χ4n) is 4.26. The average molecular weight is 431 g/mol. The normalized spacial score (nSPS) is 13.1. The minimum absolute atomic E-state index is 0.0551. The Labute approximate surface area is 188 Å². The van der Waals surface area contributed by atoms with Crippen LogP contribution in [0.15, 0.2) is 84.7 Å². The first kappa shape index (κ1) is 19.1. The van der Waals surface area contributed by atoms with Gasteiger partial charge in [-0.1, -0.05) is 48.5 Å². The molecule has 1 aliphatic rings. The topological polar surface area (TPSA) is 82.7 Å². The van der Waals surface area contributed by atoms with Crippen LogP contribution >= 0.6 is 0 Å². The number of carbonyl (C=O) groups is 2. The minimum atomic E-state index is -0.411. The third kappa shape index (κ3) is 2.86. The van der Waals surface area contributed by atoms with Gasteiger partial charge in [-0.25, -0.2) is 15.0 Å². The molecule has 0 fully saturated rings. The number of allylic oxidation sites excluding steroid dienone is 1. The van der Waals surface area contributed by atoms with Crippen LogP contribution in [-0.2, 0) is 7.05 Å². The van der Waals surface area contributed by atoms with Gasteiger partial charge in [0.15, 0.2) is 5.65 Å². The molecule has 7 nitrogen and oxygen atoms in total. The SMILES string of the molecule is Cn1c(-c2ccccc2)nc2c1cc(C=C1C(=O)c3nccnc3C1=O)n2-c1ccccc1. The summed E-state index contributed by atoms with van der Waals surface area (Å²) in [6.45, 7) is 0. The summed E-state index contributed by atoms with van der Waals surface area (Å²) in [6.07, 6.45) is 4.46. The second kappa shape index (κ2) is 7.20. The number of Topliss-reactive ketones (excluding diaryl/α,β-unsaturated/α-hetero) is 2. The highest BCUT2D eigenvalue weighted by Gasteiger charge is 2.36. The lowest BCUT2D eigenvalue weighted by Gasteiger charge is -2.07. The van der Waals surface area contributed by atoms with Crippen molar-refractivity contribution in [3.05, 3.63) is 102 Å². The van der Waals surface area contributed by atoms with E-state index in [0.29, 0.717) is 5.69 Å². The predicted octanol–water partition coefficient (Wildman–Crippen LogP) is 4.28. The van der Waals surface area contributed by atoms with E-state index in [1.807, 2.05) is 82.9 Å². The Morgan fingerprint density at radius 3 is 2.06 bits per heavy atom. The maximum Gasteiger partial charge on any atom is 0.217 e. The lowest BCUT2D eigenvalue weighted by molar-refractivity contribution is 0.0988. The zero-order valence-corrected chi connectivity index (χ0v) is 17.6. The van der Waals surface area contributed by atoms with Gasteiger partial charge in [0.05, 0.1) is 16.8 Å². The molecule has 0 unspecified atom stereocenters. The van der Waals surface area contributed by atoms with Crippen molar-refractivity contribution >= 4 is 28.8 Å². The van der Waals surface area contributed by atoms with Gasteiger partial charge in [-0.2, -0.15) is 0 Å². The summed E-state index contributed by atoms with van der Waals surface area (Å²) in [6, 6.07) is 21.7. The lowest BCUT2D eigenvalue weighted by Crippen LogP contribution is -2.03. The third-order valence-electron chi connectivity index (χ3n) is 5.83. The van der Waals surface area contributed by atoms with Crippen molar-refractivity contribution in [3.63, 3.8) is 0 Å². The smallest absolute Gasteiger partial charge is 0.217 e. The van der Waals surface area contributed by atoms with E-state index in [9.17, 15) is 9.59 Å². The van der Waals surface area contributed by atoms with Gasteiger partial charge < -0.3 is 4.57 Å². The molecule has 3 aromatic heterocycles. The first-order valence-electron chi connectivity index (χ1n) is 10.4. The fourth-order valence-corrected chi connectivity index (χ4v) is 4.26. The number of hydrogen-bond acceptors (Lipinski definition) is 5. The summed E-state index contributed by atoms with van der Waals surface area (Å²) in [5.41, 5.74) is 4.43. The molecule has 158 valence electrons. The molecule has 33 heavy (non-hydrogen) atoms. The van der Waals surface area contributed by atoms with E-state index in [1.54, 1.807) is 6.08 Å². The molecular formula is C26H17N5O2. The van der Waals surface area contributed by atoms with Gasteiger partial charge in [0.25, 0.3) is 0 Å². The van der Waals surface area contributed by atoms with Gasteiger partial charge in [-0.3, -0.25) is 14.2 Å². The highest BCUT2D eigenvalue weighted by atomic mass is 16.2. The standard InChI is InChI=1S/C26H17N5O2/c1-30-20-15-18(14-19-23(32)21-22(24(19)33)28-13-12-27-21)31(17-10-6-3-7-11-17)26(20)29-25(30)16-8-4-2-5-9-16/h2-15H,1H3. The third-order valence-corrected chi connectivity index (χ3v) is 5.83. The van der Waals surface area contributed by atoms with E-state index >= 15 is 0 Å². The second-order valence-electron chi connectivity index (χ2n) is 7.78. The highest BCUT2D eigenvalue weighted by molar-refractivity contribution is 6.40. The van der Waals surface area contributed by atoms with Crippen LogP contribution in [0.1, 0.15) is 26.7 Å². The van der Waals surface area contributed by atoms with Crippen molar-refractivity contribution in [3.8, 4) is 17.1 Å². The minimum Gasteiger partial charge on any atom is -0.326 e. The molecule has 0 aliphatic heterocycles. The maximum atomic E-state index is 12.9. The van der Waals surface area contributed by atoms with Crippen molar-refractivity contribution in [2.75, 3.05) is 0 Å². The number of rotatable bonds is 3. The van der Waals surface area contributed by atoms with Gasteiger partial charge in [0, 0.05) is 30.7 Å². The Morgan fingerprint density at radius 1 is 0.818 bits per heavy atom. The van der Waals surface area contributed by atoms with Crippen LogP contribution < -0.4 is 0 Å². The quantitative estimate of drug-likeness (QED) is 0.314. The first-order valence-corrected chi connectivity index (χ1v) is 10.4. The highest BCUT2D eigenvalue weighted by Crippen LogP contribution is 2.32. The molecule has 0 amide bonds. The summed E-state index contributed by atoms with van der Waals surface area (Å²) < 4.78 is 3.97. The molecule has 5 aromatic rings. The van der Waals surface area contributed by atoms with Gasteiger partial charge >= 0.3 is 0 Å². The molecule has 6 rings (SSSR count). The van der Waals surface area contributed by atoms with E-state index < -0.39 is 11.6 Å². The van der Waals surface area contributed by atoms with Crippen LogP contribution in [-0.4, -0.2) is 35.7 Å². The van der Waals surface area contributed by atoms with E-state index in [2.05, 4.69) is 9.97 Å². The van der Waals surface area contributed by atoms with Crippen LogP contribution in [0.4, 0.5) is 0 Å². The van der Waals surface area contributed by atoms with Crippen molar-refractivity contribution in [1.29, 1.82) is 0 Å². The fraction of sp³-hybridized carbons (Fsp3) is 0.0385. The average Bonchev–Trinajstić information content (AvgIpc) is 3.46. The number of benzene rings is 2. The van der Waals surface area contributed by atoms with Crippen molar-refractivity contribution in [1.82, 2.24) is 24.1 Å². The number of carbonyl (C=O) groups excluding carboxylic acids is 2. The predicted molar refractivity (Wildman–Crippen MR) is 124 cm³/mol. The summed E-state index contributed by atoms with van der Waals surface area (Å²) >= 11 is 0. The van der Waals surface area contributed by atoms with Gasteiger partial charge in [-0.15, -0.1) is 0 Å². The molecule has 0 saturated carbocycles. The molecule has 1 aliphatic carbocycles. The van der Waals surface area contributed by atoms with Crippen LogP contribution in [0, 0.1) is 0 Å². The van der Waals surface area contributed by atoms with Crippen molar-refractivity contribution in [2.45, 2.75) is 0 Å². The monoisotopic (exact) mass is 431 g/mol. The molecule has 2 aromatic carbocycles. The van der Waals surface area contributed by atoms with Crippen LogP contribution in [0.3, 0.4) is 0 Å². The Hall–Kier alpha value is -4.65. The molecule has 0 N–H and O–H groups in total. The largest absolute Gasteiger partial charge is 0.326 e. The molecule has 7 heteroatoms. The number of aryl methyl sites for hydroxylation is 1. The van der Waals surface area contributed by atoms with Crippen LogP contribution in [0.25, 0.3) is 34.3 Å². The first-order chi connectivity index (χ1) is 16.1. The molecule has 0 saturated heterocycles. The zero-order valence-electron chi connectivity index (χ0n) is 17.6. The lowest BCUT2D eigenvalue weighted by atomic mass is 10.1. The van der Waals surface area contributed by atoms with Gasteiger partial charge in [0.1, 0.15) is 17.2 Å². The number of imidazole rings is 1.